The molecule has 2 aliphatic carbocycles. The summed E-state index contributed by atoms with van der Waals surface area (Å²) >= 11 is 0. The number of hydrogen-bond donors (Lipinski definition) is 4. The summed E-state index contributed by atoms with van der Waals surface area (Å²) in [6.07, 6.45) is 5.11. The minimum Gasteiger partial charge on any atom is -0.508 e. The lowest BCUT2D eigenvalue weighted by Gasteiger charge is -2.31. The largest absolute Gasteiger partial charge is 0.508 e. The van der Waals surface area contributed by atoms with Crippen molar-refractivity contribution in [3.63, 3.8) is 0 Å². The average molecular weight is 491 g/mol. The quantitative estimate of drug-likeness (QED) is 0.356. The maximum atomic E-state index is 11.7. The van der Waals surface area contributed by atoms with Gasteiger partial charge in [-0.15, -0.1) is 0 Å². The van der Waals surface area contributed by atoms with Crippen LogP contribution in [0.5, 0.6) is 11.5 Å². The van der Waals surface area contributed by atoms with Crippen LogP contribution in [-0.4, -0.2) is 32.6 Å². The number of hydrogen-bond acceptors (Lipinski definition) is 4. The zero-order chi connectivity index (χ0) is 25.5. The second-order valence-corrected chi connectivity index (χ2v) is 10.0. The van der Waals surface area contributed by atoms with Crippen molar-refractivity contribution in [2.24, 2.45) is 0 Å². The van der Waals surface area contributed by atoms with Crippen LogP contribution in [0.2, 0.25) is 0 Å². The van der Waals surface area contributed by atoms with E-state index in [1.807, 2.05) is 30.3 Å². The van der Waals surface area contributed by atoms with E-state index in [4.69, 9.17) is 0 Å². The van der Waals surface area contributed by atoms with Gasteiger partial charge in [0.1, 0.15) is 11.5 Å². The smallest absolute Gasteiger partial charge is 0.116 e. The second-order valence-electron chi connectivity index (χ2n) is 10.0. The number of phenols is 2. The minimum atomic E-state index is -0.737. The molecular formula is C33H30O4. The molecule has 0 aliphatic heterocycles. The van der Waals surface area contributed by atoms with Crippen molar-refractivity contribution in [3.8, 4) is 11.5 Å². The van der Waals surface area contributed by atoms with Gasteiger partial charge in [0.15, 0.2) is 0 Å². The van der Waals surface area contributed by atoms with E-state index < -0.39 is 18.1 Å². The summed E-state index contributed by atoms with van der Waals surface area (Å²) in [5.41, 5.74) is 2.67. The molecule has 2 unspecified atom stereocenters. The van der Waals surface area contributed by atoms with Crippen molar-refractivity contribution >= 4 is 34.1 Å². The number of aliphatic hydroxyl groups is 2. The van der Waals surface area contributed by atoms with Gasteiger partial charge in [0, 0.05) is 5.92 Å². The summed E-state index contributed by atoms with van der Waals surface area (Å²) in [5, 5.41) is 49.6. The first kappa shape index (κ1) is 23.5. The van der Waals surface area contributed by atoms with Crippen LogP contribution in [0, 0.1) is 0 Å². The van der Waals surface area contributed by atoms with Gasteiger partial charge in [0.05, 0.1) is 12.2 Å². The van der Waals surface area contributed by atoms with Gasteiger partial charge in [-0.25, -0.2) is 0 Å². The van der Waals surface area contributed by atoms with Gasteiger partial charge in [-0.3, -0.25) is 0 Å². The molecule has 186 valence electrons. The van der Waals surface area contributed by atoms with Gasteiger partial charge < -0.3 is 20.4 Å². The van der Waals surface area contributed by atoms with Gasteiger partial charge in [0.25, 0.3) is 0 Å². The van der Waals surface area contributed by atoms with Crippen LogP contribution in [0.25, 0.3) is 34.1 Å². The van der Waals surface area contributed by atoms with E-state index >= 15 is 0 Å². The molecule has 0 spiro atoms. The van der Waals surface area contributed by atoms with Crippen molar-refractivity contribution < 1.29 is 20.4 Å². The van der Waals surface area contributed by atoms with Crippen molar-refractivity contribution in [1.29, 1.82) is 0 Å². The van der Waals surface area contributed by atoms with E-state index in [1.54, 1.807) is 24.3 Å². The Balaban J connectivity index is 1.82. The number of rotatable bonds is 3. The molecule has 37 heavy (non-hydrogen) atoms. The minimum absolute atomic E-state index is 0.185. The molecule has 4 heteroatoms. The molecule has 0 amide bonds. The molecule has 0 heterocycles. The second kappa shape index (κ2) is 9.55. The highest BCUT2D eigenvalue weighted by atomic mass is 16.3. The van der Waals surface area contributed by atoms with E-state index in [1.165, 1.54) is 0 Å². The number of phenolic OH excluding ortho intramolecular Hbond substituents is 2. The zero-order valence-electron chi connectivity index (χ0n) is 20.5. The molecule has 0 bridgehead atoms. The van der Waals surface area contributed by atoms with E-state index in [2.05, 4.69) is 36.4 Å². The number of benzene rings is 4. The topological polar surface area (TPSA) is 80.9 Å². The lowest BCUT2D eigenvalue weighted by Crippen LogP contribution is -2.37. The Kier molecular flexibility index (Phi) is 6.07. The first-order valence-corrected chi connectivity index (χ1v) is 12.9. The Morgan fingerprint density at radius 2 is 1.16 bits per heavy atom. The molecule has 6 rings (SSSR count). The highest BCUT2D eigenvalue weighted by Gasteiger charge is 2.33. The Bertz CT molecular complexity index is 1650. The van der Waals surface area contributed by atoms with Gasteiger partial charge in [0.2, 0.25) is 0 Å². The fraction of sp³-hybridized carbons (Fsp3) is 0.212. The van der Waals surface area contributed by atoms with Gasteiger partial charge in [-0.1, -0.05) is 66.7 Å². The number of aromatic hydroxyl groups is 2. The predicted molar refractivity (Wildman–Crippen MR) is 148 cm³/mol. The van der Waals surface area contributed by atoms with E-state index in [-0.39, 0.29) is 11.5 Å². The third kappa shape index (κ3) is 4.22. The molecule has 0 radical (unpaired) electrons. The molecule has 4 aromatic carbocycles. The maximum Gasteiger partial charge on any atom is 0.116 e. The molecule has 0 saturated heterocycles. The van der Waals surface area contributed by atoms with Crippen LogP contribution < -0.4 is 20.9 Å². The molecule has 0 aromatic heterocycles. The third-order valence-corrected chi connectivity index (χ3v) is 7.78. The summed E-state index contributed by atoms with van der Waals surface area (Å²) in [4.78, 5) is 0. The molecule has 4 nitrogen and oxygen atoms in total. The first-order chi connectivity index (χ1) is 18.0. The molecule has 0 saturated carbocycles. The van der Waals surface area contributed by atoms with Crippen molar-refractivity contribution in [2.45, 2.75) is 43.8 Å². The normalized spacial score (nSPS) is 20.2. The van der Waals surface area contributed by atoms with Crippen LogP contribution >= 0.6 is 0 Å². The van der Waals surface area contributed by atoms with Gasteiger partial charge in [-0.2, -0.15) is 0 Å². The van der Waals surface area contributed by atoms with Crippen LogP contribution in [0.15, 0.2) is 78.9 Å². The van der Waals surface area contributed by atoms with Gasteiger partial charge >= 0.3 is 0 Å². The van der Waals surface area contributed by atoms with Crippen molar-refractivity contribution in [2.75, 3.05) is 0 Å². The lowest BCUT2D eigenvalue weighted by molar-refractivity contribution is 0.210. The maximum absolute atomic E-state index is 11.7. The predicted octanol–water partition coefficient (Wildman–Crippen LogP) is 2.91. The summed E-state index contributed by atoms with van der Waals surface area (Å²) in [5.74, 6) is -0.0456. The fourth-order valence-corrected chi connectivity index (χ4v) is 6.13. The lowest BCUT2D eigenvalue weighted by atomic mass is 9.75. The first-order valence-electron chi connectivity index (χ1n) is 12.9. The number of aliphatic hydroxyl groups excluding tert-OH is 2. The summed E-state index contributed by atoms with van der Waals surface area (Å²) in [6.45, 7) is 0. The summed E-state index contributed by atoms with van der Waals surface area (Å²) in [7, 11) is 0. The molecule has 4 N–H and O–H groups in total. The van der Waals surface area contributed by atoms with Crippen LogP contribution in [0.1, 0.15) is 37.2 Å². The average Bonchev–Trinajstić information content (AvgIpc) is 3.15. The van der Waals surface area contributed by atoms with Crippen LogP contribution in [0.4, 0.5) is 0 Å². The monoisotopic (exact) mass is 490 g/mol. The highest BCUT2D eigenvalue weighted by Crippen LogP contribution is 2.41. The fourth-order valence-electron chi connectivity index (χ4n) is 6.13. The Labute approximate surface area is 215 Å². The number of fused-ring (bicyclic) bond motifs is 3. The van der Waals surface area contributed by atoms with E-state index in [0.717, 1.165) is 48.4 Å². The Morgan fingerprint density at radius 3 is 1.76 bits per heavy atom. The van der Waals surface area contributed by atoms with Crippen molar-refractivity contribution in [3.05, 3.63) is 105 Å². The Hall–Kier alpha value is -3.86. The van der Waals surface area contributed by atoms with E-state index in [0.29, 0.717) is 25.7 Å². The highest BCUT2D eigenvalue weighted by molar-refractivity contribution is 5.91. The SMILES string of the molecule is Oc1ccc2c(c1)=CCCC(O)C=2C(C1=c2ccc(O)cc2=CCCC1O)c1cccc2ccccc12. The molecule has 4 aromatic rings. The van der Waals surface area contributed by atoms with Crippen LogP contribution in [-0.2, 0) is 0 Å². The standard InChI is InChI=1S/C33H30O4/c34-23-14-16-26-21(18-23)8-4-12-29(36)31(26)33(28-11-3-7-20-6-1-2-10-25(20)28)32-27-17-15-24(35)19-22(27)9-5-13-30(32)37/h1-3,6-11,14-19,29-30,33-37H,4-5,12-13H2. The molecule has 2 atom stereocenters. The van der Waals surface area contributed by atoms with Crippen LogP contribution in [0.3, 0.4) is 0 Å². The molecule has 0 fully saturated rings. The summed E-state index contributed by atoms with van der Waals surface area (Å²) in [6, 6.07) is 25.0. The third-order valence-electron chi connectivity index (χ3n) is 7.78. The molecular weight excluding hydrogens is 460 g/mol. The zero-order valence-corrected chi connectivity index (χ0v) is 20.5. The molecule has 2 aliphatic rings. The van der Waals surface area contributed by atoms with E-state index in [9.17, 15) is 20.4 Å². The Morgan fingerprint density at radius 1 is 0.622 bits per heavy atom. The summed E-state index contributed by atoms with van der Waals surface area (Å²) < 4.78 is 0. The van der Waals surface area contributed by atoms with Crippen molar-refractivity contribution in [1.82, 2.24) is 0 Å². The van der Waals surface area contributed by atoms with Gasteiger partial charge in [-0.05, 0) is 98.3 Å².